The number of amides is 3. The zero-order chi connectivity index (χ0) is 27.4. The van der Waals surface area contributed by atoms with Crippen molar-refractivity contribution in [1.82, 2.24) is 9.47 Å². The second kappa shape index (κ2) is 10.9. The highest BCUT2D eigenvalue weighted by atomic mass is 19.1. The maximum atomic E-state index is 14.7. The third-order valence-electron chi connectivity index (χ3n) is 5.61. The summed E-state index contributed by atoms with van der Waals surface area (Å²) >= 11 is 0. The molecule has 0 fully saturated rings. The van der Waals surface area contributed by atoms with Crippen LogP contribution in [0.5, 0.6) is 5.75 Å². The Hall–Kier alpha value is -4.67. The van der Waals surface area contributed by atoms with E-state index in [9.17, 15) is 23.6 Å². The molecule has 1 aromatic heterocycles. The molecule has 0 radical (unpaired) electrons. The van der Waals surface area contributed by atoms with Crippen LogP contribution in [0.15, 0.2) is 47.3 Å². The number of halogens is 1. The summed E-state index contributed by atoms with van der Waals surface area (Å²) in [7, 11) is 4.49. The largest absolute Gasteiger partial charge is 0.484 e. The summed E-state index contributed by atoms with van der Waals surface area (Å²) in [5.74, 6) is -1.55. The minimum Gasteiger partial charge on any atom is -0.484 e. The molecule has 0 atom stereocenters. The summed E-state index contributed by atoms with van der Waals surface area (Å²) < 4.78 is 21.3. The van der Waals surface area contributed by atoms with Gasteiger partial charge < -0.3 is 20.7 Å². The van der Waals surface area contributed by atoms with Gasteiger partial charge in [-0.2, -0.15) is 0 Å². The lowest BCUT2D eigenvalue weighted by atomic mass is 10.1. The second-order valence-corrected chi connectivity index (χ2v) is 8.60. The number of hydrogen-bond donors (Lipinski definition) is 2. The summed E-state index contributed by atoms with van der Waals surface area (Å²) in [5.41, 5.74) is 5.72. The average molecular weight is 510 g/mol. The first-order chi connectivity index (χ1) is 17.5. The number of anilines is 4. The molecule has 11 heteroatoms. The number of nitrogens with zero attached hydrogens (tertiary/aromatic N) is 3. The van der Waals surface area contributed by atoms with Crippen molar-refractivity contribution in [3.8, 4) is 5.75 Å². The van der Waals surface area contributed by atoms with E-state index in [2.05, 4.69) is 5.32 Å². The maximum absolute atomic E-state index is 14.7. The van der Waals surface area contributed by atoms with Gasteiger partial charge in [-0.25, -0.2) is 4.39 Å². The minimum atomic E-state index is -0.682. The topological polar surface area (TPSA) is 127 Å². The van der Waals surface area contributed by atoms with Gasteiger partial charge in [0, 0.05) is 32.8 Å². The van der Waals surface area contributed by atoms with Gasteiger partial charge in [-0.05, 0) is 43.7 Å². The molecule has 3 N–H and O–H groups in total. The van der Waals surface area contributed by atoms with E-state index in [1.807, 2.05) is 0 Å². The van der Waals surface area contributed by atoms with Crippen molar-refractivity contribution in [2.45, 2.75) is 13.8 Å². The number of ether oxygens (including phenoxy) is 1. The Kier molecular flexibility index (Phi) is 7.96. The molecule has 0 unspecified atom stereocenters. The number of primary amides is 1. The van der Waals surface area contributed by atoms with Crippen molar-refractivity contribution >= 4 is 41.1 Å². The molecule has 0 saturated carbocycles. The number of hydrogen-bond acceptors (Lipinski definition) is 6. The van der Waals surface area contributed by atoms with Gasteiger partial charge in [-0.15, -0.1) is 0 Å². The van der Waals surface area contributed by atoms with Crippen molar-refractivity contribution < 1.29 is 23.5 Å². The predicted molar refractivity (Wildman–Crippen MR) is 138 cm³/mol. The molecule has 0 saturated heterocycles. The van der Waals surface area contributed by atoms with Crippen molar-refractivity contribution in [3.63, 3.8) is 0 Å². The fraction of sp³-hybridized carbons (Fsp3) is 0.231. The number of nitrogens with one attached hydrogen (secondary N) is 1. The normalized spacial score (nSPS) is 10.5. The van der Waals surface area contributed by atoms with Crippen LogP contribution in [0.25, 0.3) is 0 Å². The van der Waals surface area contributed by atoms with E-state index in [-0.39, 0.29) is 46.4 Å². The summed E-state index contributed by atoms with van der Waals surface area (Å²) in [4.78, 5) is 52.7. The van der Waals surface area contributed by atoms with Gasteiger partial charge in [-0.1, -0.05) is 12.1 Å². The van der Waals surface area contributed by atoms with E-state index in [4.69, 9.17) is 10.5 Å². The Morgan fingerprint density at radius 3 is 2.46 bits per heavy atom. The van der Waals surface area contributed by atoms with Gasteiger partial charge in [0.25, 0.3) is 17.4 Å². The van der Waals surface area contributed by atoms with Gasteiger partial charge in [0.15, 0.2) is 6.61 Å². The number of carbonyl (C=O) groups is 3. The van der Waals surface area contributed by atoms with Crippen molar-refractivity contribution in [2.75, 3.05) is 30.9 Å². The van der Waals surface area contributed by atoms with Crippen molar-refractivity contribution in [3.05, 3.63) is 75.3 Å². The molecule has 0 spiro atoms. The van der Waals surface area contributed by atoms with Crippen LogP contribution in [0.2, 0.25) is 0 Å². The quantitative estimate of drug-likeness (QED) is 0.427. The fourth-order valence-corrected chi connectivity index (χ4v) is 3.76. The molecular formula is C26H28FN5O5. The third kappa shape index (κ3) is 5.61. The Morgan fingerprint density at radius 2 is 1.86 bits per heavy atom. The SMILES string of the molecule is Cc1ccc(Nc2c(C(=O)N(C)C)c(N(C=O)c3cccc(OCC(N)=O)c3)c(C)c(=O)n2C)c(F)c1. The van der Waals surface area contributed by atoms with Gasteiger partial charge >= 0.3 is 0 Å². The van der Waals surface area contributed by atoms with Crippen LogP contribution >= 0.6 is 0 Å². The van der Waals surface area contributed by atoms with E-state index < -0.39 is 23.2 Å². The molecule has 3 rings (SSSR count). The minimum absolute atomic E-state index is 0.0000334. The summed E-state index contributed by atoms with van der Waals surface area (Å²) in [5, 5.41) is 2.88. The molecule has 3 amide bonds. The Bertz CT molecular complexity index is 1430. The number of aryl methyl sites for hydroxylation is 1. The Balaban J connectivity index is 2.30. The molecule has 2 aromatic carbocycles. The highest BCUT2D eigenvalue weighted by molar-refractivity contribution is 6.08. The van der Waals surface area contributed by atoms with Gasteiger partial charge in [0.05, 0.1) is 17.1 Å². The highest BCUT2D eigenvalue weighted by Crippen LogP contribution is 2.36. The van der Waals surface area contributed by atoms with Crippen molar-refractivity contribution in [1.29, 1.82) is 0 Å². The number of pyridine rings is 1. The summed E-state index contributed by atoms with van der Waals surface area (Å²) in [6.45, 7) is 2.84. The summed E-state index contributed by atoms with van der Waals surface area (Å²) in [6, 6.07) is 10.7. The number of benzene rings is 2. The first kappa shape index (κ1) is 26.9. The molecule has 194 valence electrons. The van der Waals surface area contributed by atoms with Crippen LogP contribution < -0.4 is 26.2 Å². The van der Waals surface area contributed by atoms with E-state index in [1.165, 1.54) is 55.7 Å². The Labute approximate surface area is 213 Å². The molecule has 0 aliphatic carbocycles. The van der Waals surface area contributed by atoms with Gasteiger partial charge in [0.1, 0.15) is 22.9 Å². The fourth-order valence-electron chi connectivity index (χ4n) is 3.76. The molecule has 1 heterocycles. The number of nitrogens with two attached hydrogens (primary N) is 1. The lowest BCUT2D eigenvalue weighted by molar-refractivity contribution is -0.120. The Morgan fingerprint density at radius 1 is 1.16 bits per heavy atom. The van der Waals surface area contributed by atoms with Crippen LogP contribution in [0.1, 0.15) is 21.5 Å². The first-order valence-electron chi connectivity index (χ1n) is 11.2. The lowest BCUT2D eigenvalue weighted by Crippen LogP contribution is -2.33. The molecule has 37 heavy (non-hydrogen) atoms. The van der Waals surface area contributed by atoms with E-state index in [1.54, 1.807) is 31.2 Å². The van der Waals surface area contributed by atoms with Crippen LogP contribution in [-0.2, 0) is 16.6 Å². The highest BCUT2D eigenvalue weighted by Gasteiger charge is 2.29. The molecule has 3 aromatic rings. The zero-order valence-corrected chi connectivity index (χ0v) is 21.2. The smallest absolute Gasteiger partial charge is 0.259 e. The van der Waals surface area contributed by atoms with Crippen LogP contribution in [0.4, 0.5) is 27.3 Å². The van der Waals surface area contributed by atoms with E-state index >= 15 is 0 Å². The zero-order valence-electron chi connectivity index (χ0n) is 21.2. The molecule has 0 bridgehead atoms. The maximum Gasteiger partial charge on any atom is 0.259 e. The molecule has 0 aliphatic rings. The average Bonchev–Trinajstić information content (AvgIpc) is 2.85. The van der Waals surface area contributed by atoms with Crippen LogP contribution in [0.3, 0.4) is 0 Å². The number of rotatable bonds is 9. The monoisotopic (exact) mass is 509 g/mol. The standard InChI is InChI=1S/C26H28FN5O5/c1-15-9-10-20(19(27)11-15)29-24-22(26(36)30(3)4)23(16(2)25(35)31(24)5)32(14-33)17-7-6-8-18(12-17)37-13-21(28)34/h6-12,14,29H,13H2,1-5H3,(H2,28,34). The predicted octanol–water partition coefficient (Wildman–Crippen LogP) is 2.75. The number of carbonyl (C=O) groups excluding carboxylic acids is 3. The molecular weight excluding hydrogens is 481 g/mol. The lowest BCUT2D eigenvalue weighted by Gasteiger charge is -2.27. The van der Waals surface area contributed by atoms with Gasteiger partial charge in [-0.3, -0.25) is 28.6 Å². The van der Waals surface area contributed by atoms with E-state index in [0.29, 0.717) is 12.0 Å². The van der Waals surface area contributed by atoms with Crippen LogP contribution in [0, 0.1) is 19.7 Å². The second-order valence-electron chi connectivity index (χ2n) is 8.60. The first-order valence-corrected chi connectivity index (χ1v) is 11.2. The molecule has 0 aliphatic heterocycles. The third-order valence-corrected chi connectivity index (χ3v) is 5.61. The van der Waals surface area contributed by atoms with Crippen LogP contribution in [-0.4, -0.2) is 48.4 Å². The summed E-state index contributed by atoms with van der Waals surface area (Å²) in [6.07, 6.45) is 0.456. The van der Waals surface area contributed by atoms with Crippen molar-refractivity contribution in [2.24, 2.45) is 12.8 Å². The molecule has 10 nitrogen and oxygen atoms in total. The van der Waals surface area contributed by atoms with E-state index in [0.717, 1.165) is 4.90 Å². The van der Waals surface area contributed by atoms with Gasteiger partial charge in [0.2, 0.25) is 6.41 Å². The number of aromatic nitrogens is 1.